The Labute approximate surface area is 316 Å². The number of carbonyl (C=O) groups is 1. The first-order chi connectivity index (χ1) is 24.6. The Bertz CT molecular complexity index is 1200. The molecule has 1 unspecified atom stereocenters. The van der Waals surface area contributed by atoms with Crippen LogP contribution in [0.4, 0.5) is 0 Å². The molecule has 0 radical (unpaired) electrons. The summed E-state index contributed by atoms with van der Waals surface area (Å²) in [6.45, 7) is 18.7. The molecule has 0 amide bonds. The van der Waals surface area contributed by atoms with Crippen molar-refractivity contribution in [3.8, 4) is 0 Å². The van der Waals surface area contributed by atoms with Gasteiger partial charge in [-0.15, -0.1) is 0 Å². The second-order valence-electron chi connectivity index (χ2n) is 17.2. The number of nitrogens with one attached hydrogen (secondary N) is 1. The molecule has 0 aliphatic carbocycles. The van der Waals surface area contributed by atoms with E-state index in [1.54, 1.807) is 34.6 Å². The van der Waals surface area contributed by atoms with Gasteiger partial charge in [0.05, 0.1) is 47.6 Å². The van der Waals surface area contributed by atoms with Gasteiger partial charge in [-0.3, -0.25) is 4.79 Å². The SMILES string of the molecule is CC[C@@H]1OC(=O)[C@H](C)[C@@H](O[C@H]2C[C@@](C)(OC)[C@@H](O)[C@H](C)O2)[C@H](C)[C@@H](OC2O[C@H](C)C[C@H](N(C)C)[C@@H]2O)[C@](C)(O)C[C@@H](C)CN[C@H](C)[C@H]2OB(O)O[C@]12C. The smallest absolute Gasteiger partial charge is 0.459 e. The molecule has 4 aliphatic heterocycles. The van der Waals surface area contributed by atoms with Crippen molar-refractivity contribution < 1.29 is 62.9 Å². The number of methoxy groups -OCH3 is 1. The van der Waals surface area contributed by atoms with Crippen LogP contribution in [0.3, 0.4) is 0 Å². The van der Waals surface area contributed by atoms with E-state index in [1.807, 2.05) is 53.6 Å². The zero-order valence-corrected chi connectivity index (χ0v) is 34.2. The highest BCUT2D eigenvalue weighted by atomic mass is 16.7. The Hall–Kier alpha value is -0.985. The average Bonchev–Trinajstić information content (AvgIpc) is 3.40. The molecule has 18 atom stereocenters. The summed E-state index contributed by atoms with van der Waals surface area (Å²) in [5.74, 6) is -2.39. The van der Waals surface area contributed by atoms with Crippen LogP contribution in [0.15, 0.2) is 0 Å². The van der Waals surface area contributed by atoms with Gasteiger partial charge < -0.3 is 68.3 Å². The van der Waals surface area contributed by atoms with Crippen LogP contribution in [0.2, 0.25) is 0 Å². The maximum absolute atomic E-state index is 14.4. The first-order valence-corrected chi connectivity index (χ1v) is 19.5. The monoisotopic (exact) mass is 760 g/mol. The summed E-state index contributed by atoms with van der Waals surface area (Å²) in [4.78, 5) is 16.3. The summed E-state index contributed by atoms with van der Waals surface area (Å²) in [7, 11) is 3.80. The average molecular weight is 761 g/mol. The summed E-state index contributed by atoms with van der Waals surface area (Å²) >= 11 is 0. The molecule has 0 spiro atoms. The Morgan fingerprint density at radius 1 is 1.02 bits per heavy atom. The number of nitrogens with zero attached hydrogens (tertiary/aromatic N) is 1. The summed E-state index contributed by atoms with van der Waals surface area (Å²) in [5, 5.41) is 49.0. The van der Waals surface area contributed by atoms with Crippen LogP contribution in [0.5, 0.6) is 0 Å². The van der Waals surface area contributed by atoms with E-state index in [1.165, 1.54) is 7.11 Å². The summed E-state index contributed by atoms with van der Waals surface area (Å²) in [5.41, 5.74) is -3.75. The molecule has 0 aromatic rings. The Kier molecular flexibility index (Phi) is 14.9. The Morgan fingerprint density at radius 2 is 1.68 bits per heavy atom. The number of aliphatic hydroxyl groups excluding tert-OH is 2. The molecule has 16 heteroatoms. The number of aliphatic hydroxyl groups is 3. The first-order valence-electron chi connectivity index (χ1n) is 19.5. The zero-order chi connectivity index (χ0) is 39.8. The minimum Gasteiger partial charge on any atom is -0.459 e. The van der Waals surface area contributed by atoms with E-state index in [0.29, 0.717) is 19.4 Å². The number of ether oxygens (including phenoxy) is 6. The summed E-state index contributed by atoms with van der Waals surface area (Å²) in [6.07, 6.45) is -7.04. The zero-order valence-electron chi connectivity index (χ0n) is 34.2. The van der Waals surface area contributed by atoms with E-state index in [0.717, 1.165) is 0 Å². The number of rotatable bonds is 7. The number of carbonyl (C=O) groups excluding carboxylic acids is 1. The molecule has 0 saturated carbocycles. The fraction of sp³-hybridized carbons (Fsp3) is 0.973. The van der Waals surface area contributed by atoms with Gasteiger partial charge in [-0.1, -0.05) is 20.8 Å². The highest BCUT2D eigenvalue weighted by molar-refractivity contribution is 6.35. The number of likely N-dealkylation sites (N-methyl/N-ethyl adjacent to an activating group) is 1. The standard InChI is InChI=1S/C37H69BN2O13/c1-14-26-37(10)32(52-38(45)53-37)23(6)39-18-19(2)16-35(8,44)31(51-34-28(41)25(40(11)12)15-20(3)47-34)21(4)29(22(5)33(43)49-26)50-27-17-36(9,46-13)30(42)24(7)48-27/h19-32,34,39,41-42,44-45H,14-18H2,1-13H3/t19-,20-,21+,22-,23-,24+,25+,26+,27+,28+,29+,30+,31-,32-,34?,35-,36-,37-/m1/s1. The largest absolute Gasteiger partial charge is 0.637 e. The molecule has 0 aromatic heterocycles. The number of hydrogen-bond acceptors (Lipinski definition) is 15. The minimum atomic E-state index is -1.53. The predicted octanol–water partition coefficient (Wildman–Crippen LogP) is 1.60. The lowest BCUT2D eigenvalue weighted by Gasteiger charge is -2.48. The van der Waals surface area contributed by atoms with E-state index in [2.05, 4.69) is 5.32 Å². The number of hydrogen-bond donors (Lipinski definition) is 5. The van der Waals surface area contributed by atoms with Gasteiger partial charge in [0.15, 0.2) is 12.6 Å². The van der Waals surface area contributed by atoms with Gasteiger partial charge in [0.25, 0.3) is 0 Å². The van der Waals surface area contributed by atoms with E-state index in [-0.39, 0.29) is 36.9 Å². The van der Waals surface area contributed by atoms with Crippen LogP contribution in [-0.4, -0.2) is 157 Å². The highest BCUT2D eigenvalue weighted by Gasteiger charge is 2.57. The molecule has 4 heterocycles. The lowest BCUT2D eigenvalue weighted by Crippen LogP contribution is -2.60. The van der Waals surface area contributed by atoms with Crippen LogP contribution in [0.1, 0.15) is 94.9 Å². The topological polar surface area (TPSA) is 187 Å². The van der Waals surface area contributed by atoms with Gasteiger partial charge in [-0.25, -0.2) is 0 Å². The third kappa shape index (κ3) is 9.77. The van der Waals surface area contributed by atoms with Crippen LogP contribution in [-0.2, 0) is 42.5 Å². The number of cyclic esters (lactones) is 1. The predicted molar refractivity (Wildman–Crippen MR) is 195 cm³/mol. The lowest BCUT2D eigenvalue weighted by molar-refractivity contribution is -0.318. The fourth-order valence-corrected chi connectivity index (χ4v) is 9.10. The quantitative estimate of drug-likeness (QED) is 0.186. The minimum absolute atomic E-state index is 0.108. The fourth-order valence-electron chi connectivity index (χ4n) is 9.10. The maximum Gasteiger partial charge on any atom is 0.637 e. The third-order valence-corrected chi connectivity index (χ3v) is 12.3. The molecule has 4 aliphatic rings. The molecule has 0 aromatic carbocycles. The van der Waals surface area contributed by atoms with Gasteiger partial charge >= 0.3 is 13.3 Å². The highest BCUT2D eigenvalue weighted by Crippen LogP contribution is 2.41. The number of esters is 1. The van der Waals surface area contributed by atoms with Crippen LogP contribution >= 0.6 is 0 Å². The van der Waals surface area contributed by atoms with E-state index < -0.39 is 97.2 Å². The van der Waals surface area contributed by atoms with Gasteiger partial charge in [-0.2, -0.15) is 0 Å². The van der Waals surface area contributed by atoms with Gasteiger partial charge in [0.1, 0.15) is 23.9 Å². The molecule has 4 fully saturated rings. The second kappa shape index (κ2) is 17.7. The molecule has 308 valence electrons. The van der Waals surface area contributed by atoms with Crippen molar-refractivity contribution in [2.75, 3.05) is 27.7 Å². The Morgan fingerprint density at radius 3 is 2.28 bits per heavy atom. The Balaban J connectivity index is 1.80. The summed E-state index contributed by atoms with van der Waals surface area (Å²) < 4.78 is 49.7. The van der Waals surface area contributed by atoms with Crippen molar-refractivity contribution >= 4 is 13.3 Å². The van der Waals surface area contributed by atoms with E-state index in [4.69, 9.17) is 37.7 Å². The van der Waals surface area contributed by atoms with Crippen LogP contribution < -0.4 is 5.32 Å². The summed E-state index contributed by atoms with van der Waals surface area (Å²) in [6, 6.07) is -0.602. The second-order valence-corrected chi connectivity index (χ2v) is 17.2. The molecule has 4 rings (SSSR count). The van der Waals surface area contributed by atoms with Gasteiger partial charge in [-0.05, 0) is 94.3 Å². The molecule has 4 saturated heterocycles. The van der Waals surface area contributed by atoms with Crippen molar-refractivity contribution in [2.24, 2.45) is 17.8 Å². The van der Waals surface area contributed by atoms with E-state index >= 15 is 0 Å². The third-order valence-electron chi connectivity index (χ3n) is 12.3. The maximum atomic E-state index is 14.4. The van der Waals surface area contributed by atoms with Crippen molar-refractivity contribution in [3.63, 3.8) is 0 Å². The molecular formula is C37H69BN2O13. The molecule has 53 heavy (non-hydrogen) atoms. The van der Waals surface area contributed by atoms with Crippen molar-refractivity contribution in [1.29, 1.82) is 0 Å². The van der Waals surface area contributed by atoms with Crippen molar-refractivity contribution in [2.45, 2.75) is 185 Å². The van der Waals surface area contributed by atoms with Gasteiger partial charge in [0, 0.05) is 31.5 Å². The van der Waals surface area contributed by atoms with E-state index in [9.17, 15) is 25.1 Å². The van der Waals surface area contributed by atoms with Crippen LogP contribution in [0, 0.1) is 17.8 Å². The lowest BCUT2D eigenvalue weighted by atomic mass is 9.77. The molecule has 0 bridgehead atoms. The van der Waals surface area contributed by atoms with Crippen molar-refractivity contribution in [3.05, 3.63) is 0 Å². The normalized spacial score (nSPS) is 49.6. The van der Waals surface area contributed by atoms with Gasteiger partial charge in [0.2, 0.25) is 0 Å². The molecule has 5 N–H and O–H groups in total. The molecular weight excluding hydrogens is 691 g/mol. The first kappa shape index (κ1) is 44.7. The molecule has 15 nitrogen and oxygen atoms in total. The van der Waals surface area contributed by atoms with Crippen LogP contribution in [0.25, 0.3) is 0 Å². The van der Waals surface area contributed by atoms with Crippen molar-refractivity contribution in [1.82, 2.24) is 10.2 Å². The number of fused-ring (bicyclic) bond motifs is 1.